The second kappa shape index (κ2) is 7.31. The molecular formula is C13H28N2O2. The molecule has 1 rings (SSSR count). The summed E-state index contributed by atoms with van der Waals surface area (Å²) in [5.41, 5.74) is 6.01. The van der Waals surface area contributed by atoms with Crippen LogP contribution in [0, 0.1) is 0 Å². The third-order valence-corrected chi connectivity index (χ3v) is 3.72. The maximum Gasteiger partial charge on any atom is 0.0667 e. The van der Waals surface area contributed by atoms with Crippen molar-refractivity contribution in [2.75, 3.05) is 26.8 Å². The molecule has 0 aromatic carbocycles. The lowest BCUT2D eigenvalue weighted by Crippen LogP contribution is -2.58. The van der Waals surface area contributed by atoms with Gasteiger partial charge < -0.3 is 20.5 Å². The van der Waals surface area contributed by atoms with Crippen LogP contribution in [-0.2, 0) is 9.47 Å². The molecule has 17 heavy (non-hydrogen) atoms. The lowest BCUT2D eigenvalue weighted by atomic mass is 9.85. The molecular weight excluding hydrogens is 216 g/mol. The van der Waals surface area contributed by atoms with Crippen LogP contribution < -0.4 is 11.1 Å². The molecule has 4 heteroatoms. The van der Waals surface area contributed by atoms with Gasteiger partial charge in [-0.1, -0.05) is 13.3 Å². The van der Waals surface area contributed by atoms with Gasteiger partial charge in [-0.2, -0.15) is 0 Å². The molecule has 1 saturated heterocycles. The maximum absolute atomic E-state index is 5.97. The molecule has 1 aliphatic heterocycles. The monoisotopic (exact) mass is 244 g/mol. The summed E-state index contributed by atoms with van der Waals surface area (Å²) in [7, 11) is 1.74. The van der Waals surface area contributed by atoms with Crippen LogP contribution >= 0.6 is 0 Å². The molecule has 1 aliphatic rings. The number of nitrogens with one attached hydrogen (secondary N) is 1. The van der Waals surface area contributed by atoms with Crippen LogP contribution in [0.4, 0.5) is 0 Å². The summed E-state index contributed by atoms with van der Waals surface area (Å²) in [5, 5.41) is 3.59. The predicted molar refractivity (Wildman–Crippen MR) is 70.1 cm³/mol. The van der Waals surface area contributed by atoms with Crippen molar-refractivity contribution in [3.05, 3.63) is 0 Å². The molecule has 0 saturated carbocycles. The topological polar surface area (TPSA) is 56.5 Å². The van der Waals surface area contributed by atoms with Crippen LogP contribution in [0.1, 0.15) is 39.5 Å². The molecule has 0 aromatic rings. The summed E-state index contributed by atoms with van der Waals surface area (Å²) in [4.78, 5) is 0. The van der Waals surface area contributed by atoms with E-state index in [1.807, 2.05) is 0 Å². The van der Waals surface area contributed by atoms with Gasteiger partial charge in [0.05, 0.1) is 12.2 Å². The van der Waals surface area contributed by atoms with E-state index in [4.69, 9.17) is 15.2 Å². The highest BCUT2D eigenvalue weighted by Gasteiger charge is 2.35. The van der Waals surface area contributed by atoms with E-state index in [1.54, 1.807) is 7.11 Å². The van der Waals surface area contributed by atoms with Crippen LogP contribution in [-0.4, -0.2) is 44.6 Å². The number of hydrogen-bond donors (Lipinski definition) is 2. The molecule has 0 aromatic heterocycles. The fraction of sp³-hybridized carbons (Fsp3) is 1.00. The van der Waals surface area contributed by atoms with Crippen molar-refractivity contribution in [3.8, 4) is 0 Å². The number of rotatable bonds is 7. The van der Waals surface area contributed by atoms with Gasteiger partial charge in [0.25, 0.3) is 0 Å². The zero-order chi connectivity index (χ0) is 12.7. The molecule has 3 atom stereocenters. The molecule has 4 nitrogen and oxygen atoms in total. The van der Waals surface area contributed by atoms with Gasteiger partial charge in [-0.15, -0.1) is 0 Å². The second-order valence-corrected chi connectivity index (χ2v) is 5.15. The summed E-state index contributed by atoms with van der Waals surface area (Å²) < 4.78 is 11.1. The largest absolute Gasteiger partial charge is 0.380 e. The van der Waals surface area contributed by atoms with E-state index in [2.05, 4.69) is 19.2 Å². The van der Waals surface area contributed by atoms with Crippen molar-refractivity contribution < 1.29 is 9.47 Å². The number of methoxy groups -OCH3 is 1. The highest BCUT2D eigenvalue weighted by Crippen LogP contribution is 2.26. The first-order chi connectivity index (χ1) is 8.15. The minimum atomic E-state index is 0.0465. The fourth-order valence-electron chi connectivity index (χ4n) is 2.39. The fourth-order valence-corrected chi connectivity index (χ4v) is 2.39. The first-order valence-corrected chi connectivity index (χ1v) is 6.75. The van der Waals surface area contributed by atoms with Crippen LogP contribution in [0.15, 0.2) is 0 Å². The lowest BCUT2D eigenvalue weighted by Gasteiger charge is -2.41. The predicted octanol–water partition coefficient (Wildman–Crippen LogP) is 1.29. The third kappa shape index (κ3) is 4.54. The molecule has 0 radical (unpaired) electrons. The van der Waals surface area contributed by atoms with Crippen LogP contribution in [0.2, 0.25) is 0 Å². The Morgan fingerprint density at radius 3 is 2.94 bits per heavy atom. The number of hydrogen-bond acceptors (Lipinski definition) is 4. The van der Waals surface area contributed by atoms with E-state index in [1.165, 1.54) is 6.42 Å². The summed E-state index contributed by atoms with van der Waals surface area (Å²) >= 11 is 0. The Labute approximate surface area is 105 Å². The quantitative estimate of drug-likeness (QED) is 0.708. The molecule has 0 aliphatic carbocycles. The first-order valence-electron chi connectivity index (χ1n) is 6.75. The average molecular weight is 244 g/mol. The molecule has 1 heterocycles. The molecule has 3 unspecified atom stereocenters. The molecule has 0 bridgehead atoms. The van der Waals surface area contributed by atoms with Gasteiger partial charge in [0.1, 0.15) is 0 Å². The Morgan fingerprint density at radius 1 is 1.59 bits per heavy atom. The van der Waals surface area contributed by atoms with E-state index in [0.29, 0.717) is 12.6 Å². The minimum absolute atomic E-state index is 0.0465. The summed E-state index contributed by atoms with van der Waals surface area (Å²) in [6.45, 7) is 6.61. The standard InChI is InChI=1S/C13H28N2O2/c1-4-5-12-8-13(10-14,6-7-17-12)15-9-11(2)16-3/h11-12,15H,4-10,14H2,1-3H3. The smallest absolute Gasteiger partial charge is 0.0667 e. The van der Waals surface area contributed by atoms with Crippen LogP contribution in [0.5, 0.6) is 0 Å². The Kier molecular flexibility index (Phi) is 6.41. The summed E-state index contributed by atoms with van der Waals surface area (Å²) in [5.74, 6) is 0. The normalized spacial score (nSPS) is 31.4. The van der Waals surface area contributed by atoms with Gasteiger partial charge in [-0.05, 0) is 26.2 Å². The molecule has 0 spiro atoms. The molecule has 102 valence electrons. The maximum atomic E-state index is 5.97. The second-order valence-electron chi connectivity index (χ2n) is 5.15. The zero-order valence-corrected chi connectivity index (χ0v) is 11.5. The first kappa shape index (κ1) is 14.9. The van der Waals surface area contributed by atoms with E-state index < -0.39 is 0 Å². The van der Waals surface area contributed by atoms with E-state index in [-0.39, 0.29) is 11.6 Å². The van der Waals surface area contributed by atoms with Gasteiger partial charge in [0, 0.05) is 32.3 Å². The van der Waals surface area contributed by atoms with E-state index in [9.17, 15) is 0 Å². The van der Waals surface area contributed by atoms with Gasteiger partial charge >= 0.3 is 0 Å². The van der Waals surface area contributed by atoms with Gasteiger partial charge in [0.2, 0.25) is 0 Å². The molecule has 1 fully saturated rings. The Bertz CT molecular complexity index is 212. The SMILES string of the molecule is CCCC1CC(CN)(NCC(C)OC)CCO1. The number of nitrogens with two attached hydrogens (primary N) is 1. The van der Waals surface area contributed by atoms with E-state index in [0.717, 1.165) is 32.4 Å². The minimum Gasteiger partial charge on any atom is -0.380 e. The molecule has 0 amide bonds. The summed E-state index contributed by atoms with van der Waals surface area (Å²) in [6.07, 6.45) is 4.91. The third-order valence-electron chi connectivity index (χ3n) is 3.72. The zero-order valence-electron chi connectivity index (χ0n) is 11.5. The van der Waals surface area contributed by atoms with Crippen molar-refractivity contribution in [1.82, 2.24) is 5.32 Å². The van der Waals surface area contributed by atoms with Gasteiger partial charge in [-0.3, -0.25) is 0 Å². The van der Waals surface area contributed by atoms with E-state index >= 15 is 0 Å². The van der Waals surface area contributed by atoms with Gasteiger partial charge in [-0.25, -0.2) is 0 Å². The Balaban J connectivity index is 2.48. The Hall–Kier alpha value is -0.160. The van der Waals surface area contributed by atoms with Crippen molar-refractivity contribution in [1.29, 1.82) is 0 Å². The summed E-state index contributed by atoms with van der Waals surface area (Å²) in [6, 6.07) is 0. The lowest BCUT2D eigenvalue weighted by molar-refractivity contribution is -0.0338. The highest BCUT2D eigenvalue weighted by atomic mass is 16.5. The van der Waals surface area contributed by atoms with Gasteiger partial charge in [0.15, 0.2) is 0 Å². The van der Waals surface area contributed by atoms with Crippen molar-refractivity contribution in [3.63, 3.8) is 0 Å². The molecule has 3 N–H and O–H groups in total. The van der Waals surface area contributed by atoms with Crippen molar-refractivity contribution in [2.45, 2.75) is 57.3 Å². The number of ether oxygens (including phenoxy) is 2. The highest BCUT2D eigenvalue weighted by molar-refractivity contribution is 4.94. The van der Waals surface area contributed by atoms with Crippen molar-refractivity contribution in [2.24, 2.45) is 5.73 Å². The van der Waals surface area contributed by atoms with Crippen molar-refractivity contribution >= 4 is 0 Å². The Morgan fingerprint density at radius 2 is 2.35 bits per heavy atom. The van der Waals surface area contributed by atoms with Crippen LogP contribution in [0.25, 0.3) is 0 Å². The average Bonchev–Trinajstić information content (AvgIpc) is 2.37. The van der Waals surface area contributed by atoms with Crippen LogP contribution in [0.3, 0.4) is 0 Å².